The molecule has 2 aromatic heterocycles. The highest BCUT2D eigenvalue weighted by molar-refractivity contribution is 5.54. The van der Waals surface area contributed by atoms with E-state index in [4.69, 9.17) is 18.4 Å². The Morgan fingerprint density at radius 2 is 1.79 bits per heavy atom. The molecule has 0 fully saturated rings. The number of methoxy groups -OCH3 is 1. The number of aromatic amines is 1. The number of ether oxygens (including phenoxy) is 2. The Labute approximate surface area is 189 Å². The number of alkyl halides is 3. The van der Waals surface area contributed by atoms with Gasteiger partial charge in [0.25, 0.3) is 0 Å². The van der Waals surface area contributed by atoms with Crippen LogP contribution in [0.25, 0.3) is 11.5 Å². The fourth-order valence-electron chi connectivity index (χ4n) is 3.15. The van der Waals surface area contributed by atoms with Crippen LogP contribution < -0.4 is 20.9 Å². The molecule has 12 heteroatoms. The van der Waals surface area contributed by atoms with Gasteiger partial charge in [-0.15, -0.1) is 4.74 Å². The number of rotatable bonds is 7. The zero-order valence-electron chi connectivity index (χ0n) is 17.9. The minimum Gasteiger partial charge on any atom is -0.497 e. The zero-order valence-corrected chi connectivity index (χ0v) is 17.9. The normalized spacial score (nSPS) is 11.6. The second-order valence-corrected chi connectivity index (χ2v) is 7.25. The molecular weight excluding hydrogens is 459 g/mol. The quantitative estimate of drug-likeness (QED) is 0.431. The molecule has 0 saturated carbocycles. The molecule has 4 rings (SSSR count). The van der Waals surface area contributed by atoms with Crippen LogP contribution in [0.5, 0.6) is 11.5 Å². The lowest BCUT2D eigenvalue weighted by molar-refractivity contribution is -0.137. The summed E-state index contributed by atoms with van der Waals surface area (Å²) in [6.45, 7) is 1.63. The summed E-state index contributed by atoms with van der Waals surface area (Å²) in [6.07, 6.45) is -4.43. The van der Waals surface area contributed by atoms with Crippen molar-refractivity contribution in [3.05, 3.63) is 86.1 Å². The summed E-state index contributed by atoms with van der Waals surface area (Å²) in [5, 5.41) is 0. The molecular formula is C22H18F3N3O6. The Morgan fingerprint density at radius 3 is 2.41 bits per heavy atom. The van der Waals surface area contributed by atoms with Gasteiger partial charge < -0.3 is 18.4 Å². The molecule has 0 saturated heterocycles. The van der Waals surface area contributed by atoms with E-state index in [0.717, 1.165) is 16.9 Å². The van der Waals surface area contributed by atoms with Crippen molar-refractivity contribution in [1.29, 1.82) is 0 Å². The molecule has 0 spiro atoms. The molecule has 2 aromatic carbocycles. The Bertz CT molecular complexity index is 1410. The highest BCUT2D eigenvalue weighted by Crippen LogP contribution is 2.31. The van der Waals surface area contributed by atoms with Crippen LogP contribution in [0.4, 0.5) is 13.2 Å². The fourth-order valence-corrected chi connectivity index (χ4v) is 3.15. The molecule has 0 amide bonds. The Hall–Kier alpha value is -4.22. The van der Waals surface area contributed by atoms with Gasteiger partial charge in [0.1, 0.15) is 29.6 Å². The molecule has 34 heavy (non-hydrogen) atoms. The molecule has 178 valence electrons. The van der Waals surface area contributed by atoms with Gasteiger partial charge in [0.05, 0.1) is 19.2 Å². The van der Waals surface area contributed by atoms with E-state index in [-0.39, 0.29) is 19.0 Å². The first-order valence-electron chi connectivity index (χ1n) is 9.87. The molecule has 0 bridgehead atoms. The average molecular weight is 477 g/mol. The monoisotopic (exact) mass is 477 g/mol. The Balaban J connectivity index is 1.51. The third-order valence-electron chi connectivity index (χ3n) is 4.86. The van der Waals surface area contributed by atoms with E-state index in [1.54, 1.807) is 25.1 Å². The predicted molar refractivity (Wildman–Crippen MR) is 112 cm³/mol. The van der Waals surface area contributed by atoms with Crippen LogP contribution >= 0.6 is 0 Å². The van der Waals surface area contributed by atoms with E-state index in [1.165, 1.54) is 19.2 Å². The summed E-state index contributed by atoms with van der Waals surface area (Å²) in [4.78, 5) is 29.2. The van der Waals surface area contributed by atoms with E-state index in [2.05, 4.69) is 4.98 Å². The second-order valence-electron chi connectivity index (χ2n) is 7.25. The summed E-state index contributed by atoms with van der Waals surface area (Å²) in [5.41, 5.74) is -0.0412. The Kier molecular flexibility index (Phi) is 6.05. The highest BCUT2D eigenvalue weighted by atomic mass is 19.4. The number of halogens is 3. The van der Waals surface area contributed by atoms with E-state index < -0.39 is 23.2 Å². The van der Waals surface area contributed by atoms with Crippen molar-refractivity contribution >= 4 is 0 Å². The number of nitrogens with one attached hydrogen (secondary N) is 1. The van der Waals surface area contributed by atoms with Gasteiger partial charge in [-0.1, -0.05) is 0 Å². The lowest BCUT2D eigenvalue weighted by Gasteiger charge is -2.10. The first kappa shape index (κ1) is 23.0. The van der Waals surface area contributed by atoms with Crippen LogP contribution in [0.2, 0.25) is 0 Å². The van der Waals surface area contributed by atoms with Crippen LogP contribution in [0.15, 0.2) is 61.0 Å². The van der Waals surface area contributed by atoms with Gasteiger partial charge in [-0.05, 0) is 48.9 Å². The lowest BCUT2D eigenvalue weighted by atomic mass is 10.1. The van der Waals surface area contributed by atoms with Gasteiger partial charge in [-0.25, -0.2) is 19.6 Å². The zero-order chi connectivity index (χ0) is 24.5. The van der Waals surface area contributed by atoms with Gasteiger partial charge in [-0.3, -0.25) is 0 Å². The van der Waals surface area contributed by atoms with Crippen molar-refractivity contribution < 1.29 is 31.6 Å². The van der Waals surface area contributed by atoms with Crippen molar-refractivity contribution in [3.8, 4) is 23.0 Å². The molecule has 0 aliphatic carbocycles. The van der Waals surface area contributed by atoms with E-state index >= 15 is 0 Å². The van der Waals surface area contributed by atoms with Crippen LogP contribution in [-0.4, -0.2) is 21.8 Å². The molecule has 0 unspecified atom stereocenters. The Morgan fingerprint density at radius 1 is 1.09 bits per heavy atom. The largest absolute Gasteiger partial charge is 0.497 e. The number of aryl methyl sites for hydroxylation is 1. The number of H-pyrrole nitrogens is 1. The maximum atomic E-state index is 12.8. The summed E-state index contributed by atoms with van der Waals surface area (Å²) in [5.74, 6) is 0.575. The number of nitrogens with zero attached hydrogens (tertiary/aromatic N) is 2. The summed E-state index contributed by atoms with van der Waals surface area (Å²) < 4.78 is 60.6. The van der Waals surface area contributed by atoms with Crippen LogP contribution in [0.1, 0.15) is 22.6 Å². The van der Waals surface area contributed by atoms with Gasteiger partial charge in [-0.2, -0.15) is 13.2 Å². The van der Waals surface area contributed by atoms with Crippen LogP contribution in [-0.2, 0) is 19.3 Å². The van der Waals surface area contributed by atoms with Gasteiger partial charge in [0.2, 0.25) is 5.89 Å². The fraction of sp³-hybridized carbons (Fsp3) is 0.227. The van der Waals surface area contributed by atoms with Crippen molar-refractivity contribution in [1.82, 2.24) is 14.7 Å². The number of oxazole rings is 1. The van der Waals surface area contributed by atoms with E-state index in [9.17, 15) is 22.8 Å². The smallest absolute Gasteiger partial charge is 0.440 e. The summed E-state index contributed by atoms with van der Waals surface area (Å²) in [7, 11) is 1.46. The molecule has 0 aliphatic rings. The first-order valence-corrected chi connectivity index (χ1v) is 9.87. The van der Waals surface area contributed by atoms with Gasteiger partial charge in [0, 0.05) is 11.6 Å². The minimum absolute atomic E-state index is 0.00175. The highest BCUT2D eigenvalue weighted by Gasteiger charge is 2.30. The third kappa shape index (κ3) is 5.05. The summed E-state index contributed by atoms with van der Waals surface area (Å²) in [6, 6.07) is 9.39. The maximum absolute atomic E-state index is 12.8. The number of hydrogen-bond donors (Lipinski definition) is 1. The molecule has 0 atom stereocenters. The molecule has 0 radical (unpaired) electrons. The molecule has 1 N–H and O–H groups in total. The first-order chi connectivity index (χ1) is 16.1. The maximum Gasteiger partial charge on any atom is 0.440 e. The van der Waals surface area contributed by atoms with E-state index in [0.29, 0.717) is 34.1 Å². The second kappa shape index (κ2) is 8.96. The molecule has 9 nitrogen and oxygen atoms in total. The molecule has 0 aliphatic heterocycles. The van der Waals surface area contributed by atoms with E-state index in [1.807, 2.05) is 4.98 Å². The van der Waals surface area contributed by atoms with Crippen molar-refractivity contribution in [2.75, 3.05) is 7.11 Å². The standard InChI is InChI=1S/C22H18F3N3O6/c1-12-18(26-19(33-12)14-3-5-15(6-4-14)22(23,24)25)11-32-17-8-13(7-16(9-17)31-2)10-28-20(29)27-21(30)34-28/h3-9H,10-11H2,1-2H3,(H,27,29,30). The summed E-state index contributed by atoms with van der Waals surface area (Å²) >= 11 is 0. The predicted octanol–water partition coefficient (Wildman–Crippen LogP) is 3.75. The van der Waals surface area contributed by atoms with Gasteiger partial charge in [0.15, 0.2) is 0 Å². The molecule has 2 heterocycles. The van der Waals surface area contributed by atoms with Crippen LogP contribution in [0.3, 0.4) is 0 Å². The number of benzene rings is 2. The lowest BCUT2D eigenvalue weighted by Crippen LogP contribution is -2.17. The number of hydrogen-bond acceptors (Lipinski definition) is 7. The average Bonchev–Trinajstić information content (AvgIpc) is 3.32. The topological polar surface area (TPSA) is 112 Å². The van der Waals surface area contributed by atoms with Crippen LogP contribution in [0, 0.1) is 6.92 Å². The van der Waals surface area contributed by atoms with Crippen molar-refractivity contribution in [3.63, 3.8) is 0 Å². The minimum atomic E-state index is -4.43. The number of aromatic nitrogens is 3. The van der Waals surface area contributed by atoms with Gasteiger partial charge >= 0.3 is 17.6 Å². The molecule has 4 aromatic rings. The third-order valence-corrected chi connectivity index (χ3v) is 4.86. The van der Waals surface area contributed by atoms with Crippen molar-refractivity contribution in [2.24, 2.45) is 0 Å². The SMILES string of the molecule is COc1cc(Cn2oc(=O)[nH]c2=O)cc(OCc2nc(-c3ccc(C(F)(F)F)cc3)oc2C)c1. The van der Waals surface area contributed by atoms with Crippen molar-refractivity contribution in [2.45, 2.75) is 26.3 Å².